The second-order valence-corrected chi connectivity index (χ2v) is 3.49. The van der Waals surface area contributed by atoms with Crippen LogP contribution in [0, 0.1) is 0 Å². The Morgan fingerprint density at radius 3 is 3.07 bits per heavy atom. The fraction of sp³-hybridized carbons (Fsp3) is 0.900. The van der Waals surface area contributed by atoms with Crippen LogP contribution in [-0.4, -0.2) is 38.3 Å². The van der Waals surface area contributed by atoms with Crippen molar-refractivity contribution in [1.82, 2.24) is 10.6 Å². The molecule has 1 aliphatic rings. The summed E-state index contributed by atoms with van der Waals surface area (Å²) in [5.41, 5.74) is 0. The summed E-state index contributed by atoms with van der Waals surface area (Å²) >= 11 is 0. The lowest BCUT2D eigenvalue weighted by Crippen LogP contribution is -2.47. The van der Waals surface area contributed by atoms with Gasteiger partial charge >= 0.3 is 0 Å². The third kappa shape index (κ3) is 4.07. The summed E-state index contributed by atoms with van der Waals surface area (Å²) in [5, 5.41) is 6.07. The second-order valence-electron chi connectivity index (χ2n) is 3.49. The van der Waals surface area contributed by atoms with Crippen molar-refractivity contribution >= 4 is 5.91 Å². The van der Waals surface area contributed by atoms with E-state index >= 15 is 0 Å². The van der Waals surface area contributed by atoms with E-state index in [4.69, 9.17) is 4.74 Å². The number of hydrogen-bond acceptors (Lipinski definition) is 3. The van der Waals surface area contributed by atoms with E-state index in [1.54, 1.807) is 0 Å². The Morgan fingerprint density at radius 1 is 1.57 bits per heavy atom. The van der Waals surface area contributed by atoms with E-state index in [9.17, 15) is 4.79 Å². The molecule has 1 rings (SSSR count). The van der Waals surface area contributed by atoms with Crippen LogP contribution in [0.25, 0.3) is 0 Å². The van der Waals surface area contributed by atoms with Crippen molar-refractivity contribution in [2.24, 2.45) is 0 Å². The Bertz CT molecular complexity index is 168. The molecule has 0 aliphatic carbocycles. The highest BCUT2D eigenvalue weighted by molar-refractivity contribution is 5.81. The molecule has 0 aromatic rings. The standard InChI is InChI=1S/C10H20N2O2/c1-2-14-8-7-12-10(13)9-5-3-4-6-11-9/h9,11H,2-8H2,1H3,(H,12,13)/t9-/m0/s1. The highest BCUT2D eigenvalue weighted by Crippen LogP contribution is 2.06. The zero-order valence-electron chi connectivity index (χ0n) is 8.84. The van der Waals surface area contributed by atoms with Crippen LogP contribution in [-0.2, 0) is 9.53 Å². The number of piperidine rings is 1. The molecule has 0 bridgehead atoms. The van der Waals surface area contributed by atoms with E-state index in [1.807, 2.05) is 6.92 Å². The summed E-state index contributed by atoms with van der Waals surface area (Å²) < 4.78 is 5.14. The molecule has 0 aromatic heterocycles. The molecule has 0 radical (unpaired) electrons. The van der Waals surface area contributed by atoms with Crippen molar-refractivity contribution in [3.63, 3.8) is 0 Å². The van der Waals surface area contributed by atoms with Gasteiger partial charge in [-0.2, -0.15) is 0 Å². The fourth-order valence-corrected chi connectivity index (χ4v) is 1.59. The zero-order valence-corrected chi connectivity index (χ0v) is 8.84. The van der Waals surface area contributed by atoms with Gasteiger partial charge < -0.3 is 15.4 Å². The van der Waals surface area contributed by atoms with Crippen LogP contribution in [0.5, 0.6) is 0 Å². The summed E-state index contributed by atoms with van der Waals surface area (Å²) in [6.45, 7) is 4.84. The van der Waals surface area contributed by atoms with Gasteiger partial charge in [-0.25, -0.2) is 0 Å². The van der Waals surface area contributed by atoms with E-state index in [2.05, 4.69) is 10.6 Å². The van der Waals surface area contributed by atoms with Crippen LogP contribution >= 0.6 is 0 Å². The van der Waals surface area contributed by atoms with Crippen molar-refractivity contribution in [3.05, 3.63) is 0 Å². The smallest absolute Gasteiger partial charge is 0.237 e. The molecule has 2 N–H and O–H groups in total. The normalized spacial score (nSPS) is 21.9. The van der Waals surface area contributed by atoms with Crippen LogP contribution in [0.4, 0.5) is 0 Å². The van der Waals surface area contributed by atoms with E-state index in [0.29, 0.717) is 19.8 Å². The molecule has 1 saturated heterocycles. The third-order valence-corrected chi connectivity index (χ3v) is 2.38. The topological polar surface area (TPSA) is 50.4 Å². The highest BCUT2D eigenvalue weighted by Gasteiger charge is 2.19. The van der Waals surface area contributed by atoms with Gasteiger partial charge in [-0.05, 0) is 26.3 Å². The van der Waals surface area contributed by atoms with Gasteiger partial charge in [0, 0.05) is 13.2 Å². The molecule has 1 aliphatic heterocycles. The predicted octanol–water partition coefficient (Wildman–Crippen LogP) is 0.281. The number of rotatable bonds is 5. The van der Waals surface area contributed by atoms with Crippen LogP contribution < -0.4 is 10.6 Å². The van der Waals surface area contributed by atoms with Gasteiger partial charge in [0.15, 0.2) is 0 Å². The monoisotopic (exact) mass is 200 g/mol. The van der Waals surface area contributed by atoms with Crippen LogP contribution in [0.1, 0.15) is 26.2 Å². The van der Waals surface area contributed by atoms with Crippen molar-refractivity contribution in [2.75, 3.05) is 26.3 Å². The Kier molecular flexibility index (Phi) is 5.56. The minimum Gasteiger partial charge on any atom is -0.380 e. The lowest BCUT2D eigenvalue weighted by molar-refractivity contribution is -0.123. The molecule has 4 heteroatoms. The van der Waals surface area contributed by atoms with Gasteiger partial charge in [-0.15, -0.1) is 0 Å². The molecule has 1 atom stereocenters. The Morgan fingerprint density at radius 2 is 2.43 bits per heavy atom. The van der Waals surface area contributed by atoms with Gasteiger partial charge in [-0.3, -0.25) is 4.79 Å². The van der Waals surface area contributed by atoms with Gasteiger partial charge in [0.25, 0.3) is 0 Å². The molecule has 0 aromatic carbocycles. The average molecular weight is 200 g/mol. The second kappa shape index (κ2) is 6.79. The first-order valence-corrected chi connectivity index (χ1v) is 5.43. The molecule has 82 valence electrons. The number of nitrogens with one attached hydrogen (secondary N) is 2. The lowest BCUT2D eigenvalue weighted by atomic mass is 10.0. The number of carbonyl (C=O) groups excluding carboxylic acids is 1. The molecule has 14 heavy (non-hydrogen) atoms. The van der Waals surface area contributed by atoms with Crippen molar-refractivity contribution in [3.8, 4) is 0 Å². The lowest BCUT2D eigenvalue weighted by Gasteiger charge is -2.22. The maximum absolute atomic E-state index is 11.5. The van der Waals surface area contributed by atoms with Gasteiger partial charge in [0.1, 0.15) is 0 Å². The Balaban J connectivity index is 2.07. The molecule has 1 fully saturated rings. The van der Waals surface area contributed by atoms with Crippen molar-refractivity contribution in [1.29, 1.82) is 0 Å². The summed E-state index contributed by atoms with van der Waals surface area (Å²) in [4.78, 5) is 11.5. The molecule has 4 nitrogen and oxygen atoms in total. The molecule has 0 saturated carbocycles. The number of carbonyl (C=O) groups is 1. The molecule has 0 unspecified atom stereocenters. The SMILES string of the molecule is CCOCCNC(=O)[C@@H]1CCCCN1. The van der Waals surface area contributed by atoms with E-state index in [1.165, 1.54) is 6.42 Å². The summed E-state index contributed by atoms with van der Waals surface area (Å²) in [5.74, 6) is 0.115. The summed E-state index contributed by atoms with van der Waals surface area (Å²) in [7, 11) is 0. The number of ether oxygens (including phenoxy) is 1. The zero-order chi connectivity index (χ0) is 10.2. The predicted molar refractivity (Wildman–Crippen MR) is 55.1 cm³/mol. The first-order chi connectivity index (χ1) is 6.84. The number of hydrogen-bond donors (Lipinski definition) is 2. The first kappa shape index (κ1) is 11.5. The van der Waals surface area contributed by atoms with E-state index < -0.39 is 0 Å². The maximum atomic E-state index is 11.5. The average Bonchev–Trinajstić information content (AvgIpc) is 2.25. The molecule has 0 spiro atoms. The largest absolute Gasteiger partial charge is 0.380 e. The van der Waals surface area contributed by atoms with E-state index in [-0.39, 0.29) is 11.9 Å². The Labute approximate surface area is 85.4 Å². The van der Waals surface area contributed by atoms with Gasteiger partial charge in [0.2, 0.25) is 5.91 Å². The minimum atomic E-state index is 0.0189. The minimum absolute atomic E-state index is 0.0189. The van der Waals surface area contributed by atoms with Crippen LogP contribution in [0.3, 0.4) is 0 Å². The molecule has 1 heterocycles. The highest BCUT2D eigenvalue weighted by atomic mass is 16.5. The van der Waals surface area contributed by atoms with Crippen LogP contribution in [0.15, 0.2) is 0 Å². The number of amides is 1. The molecular weight excluding hydrogens is 180 g/mol. The first-order valence-electron chi connectivity index (χ1n) is 5.43. The van der Waals surface area contributed by atoms with Crippen LogP contribution in [0.2, 0.25) is 0 Å². The molecule has 1 amide bonds. The summed E-state index contributed by atoms with van der Waals surface area (Å²) in [6, 6.07) is 0.0189. The maximum Gasteiger partial charge on any atom is 0.237 e. The quantitative estimate of drug-likeness (QED) is 0.627. The van der Waals surface area contributed by atoms with Gasteiger partial charge in [-0.1, -0.05) is 6.42 Å². The van der Waals surface area contributed by atoms with Crippen molar-refractivity contribution in [2.45, 2.75) is 32.2 Å². The Hall–Kier alpha value is -0.610. The van der Waals surface area contributed by atoms with Gasteiger partial charge in [0.05, 0.1) is 12.6 Å². The fourth-order valence-electron chi connectivity index (χ4n) is 1.59. The van der Waals surface area contributed by atoms with E-state index in [0.717, 1.165) is 19.4 Å². The molecular formula is C10H20N2O2. The third-order valence-electron chi connectivity index (χ3n) is 2.38. The summed E-state index contributed by atoms with van der Waals surface area (Å²) in [6.07, 6.45) is 3.29. The van der Waals surface area contributed by atoms with Crippen molar-refractivity contribution < 1.29 is 9.53 Å².